The van der Waals surface area contributed by atoms with Gasteiger partial charge in [-0.05, 0) is 130 Å². The summed E-state index contributed by atoms with van der Waals surface area (Å²) in [5.41, 5.74) is 15.0. The van der Waals surface area contributed by atoms with Gasteiger partial charge in [0.15, 0.2) is 17.5 Å². The lowest BCUT2D eigenvalue weighted by atomic mass is 9.97. The van der Waals surface area contributed by atoms with Gasteiger partial charge < -0.3 is 9.13 Å². The van der Waals surface area contributed by atoms with Crippen molar-refractivity contribution in [2.75, 3.05) is 0 Å². The number of nitrogens with zero attached hydrogens (tertiary/aromatic N) is 8. The zero-order chi connectivity index (χ0) is 49.7. The fourth-order valence-electron chi connectivity index (χ4n) is 10.5. The van der Waals surface area contributed by atoms with Gasteiger partial charge in [0.05, 0.1) is 57.0 Å². The second-order valence-corrected chi connectivity index (χ2v) is 18.2. The van der Waals surface area contributed by atoms with Gasteiger partial charge in [0.2, 0.25) is 0 Å². The number of para-hydroxylation sites is 4. The molecule has 0 radical (unpaired) electrons. The summed E-state index contributed by atoms with van der Waals surface area (Å²) in [6, 6.07) is 84.3. The van der Waals surface area contributed by atoms with Crippen molar-refractivity contribution in [3.63, 3.8) is 0 Å². The number of hydrogen-bond donors (Lipinski definition) is 0. The van der Waals surface area contributed by atoms with Gasteiger partial charge in [0.25, 0.3) is 0 Å². The summed E-state index contributed by atoms with van der Waals surface area (Å²) >= 11 is 0. The predicted molar refractivity (Wildman–Crippen MR) is 295 cm³/mol. The van der Waals surface area contributed by atoms with Crippen LogP contribution in [0.5, 0.6) is 0 Å². The maximum atomic E-state index is 10.1. The van der Waals surface area contributed by atoms with Crippen LogP contribution in [0.15, 0.2) is 231 Å². The van der Waals surface area contributed by atoms with Gasteiger partial charge in [-0.2, -0.15) is 15.8 Å². The molecule has 0 saturated carbocycles. The molecule has 0 bridgehead atoms. The van der Waals surface area contributed by atoms with Crippen LogP contribution >= 0.6 is 0 Å². The first-order valence-corrected chi connectivity index (χ1v) is 24.2. The Morgan fingerprint density at radius 2 is 0.608 bits per heavy atom. The third-order valence-electron chi connectivity index (χ3n) is 13.8. The highest BCUT2D eigenvalue weighted by molar-refractivity contribution is 6.10. The first-order chi connectivity index (χ1) is 36.5. The highest BCUT2D eigenvalue weighted by Crippen LogP contribution is 2.40. The molecule has 3 aromatic heterocycles. The van der Waals surface area contributed by atoms with Gasteiger partial charge >= 0.3 is 0 Å². The molecule has 13 aromatic rings. The second-order valence-electron chi connectivity index (χ2n) is 18.2. The lowest BCUT2D eigenvalue weighted by molar-refractivity contribution is 1.07. The summed E-state index contributed by atoms with van der Waals surface area (Å²) in [5.74, 6) is 1.30. The maximum Gasteiger partial charge on any atom is 0.164 e. The first kappa shape index (κ1) is 43.3. The Morgan fingerprint density at radius 3 is 1.03 bits per heavy atom. The number of hydrogen-bond acceptors (Lipinski definition) is 6. The monoisotopic (exact) mass is 942 g/mol. The Bertz CT molecular complexity index is 4210. The zero-order valence-electron chi connectivity index (χ0n) is 39.5. The largest absolute Gasteiger partial charge is 0.309 e. The number of fused-ring (bicyclic) bond motifs is 6. The molecule has 10 aromatic carbocycles. The lowest BCUT2D eigenvalue weighted by Gasteiger charge is -2.16. The van der Waals surface area contributed by atoms with E-state index in [0.717, 1.165) is 105 Å². The Labute approximate surface area is 425 Å². The smallest absolute Gasteiger partial charge is 0.164 e. The molecule has 13 rings (SSSR count). The van der Waals surface area contributed by atoms with Gasteiger partial charge in [-0.25, -0.2) is 15.0 Å². The van der Waals surface area contributed by atoms with Crippen molar-refractivity contribution < 1.29 is 0 Å². The van der Waals surface area contributed by atoms with Crippen LogP contribution in [-0.4, -0.2) is 24.1 Å². The number of benzene rings is 10. The minimum atomic E-state index is 0.432. The Kier molecular flexibility index (Phi) is 10.5. The fourth-order valence-corrected chi connectivity index (χ4v) is 10.5. The summed E-state index contributed by atoms with van der Waals surface area (Å²) in [4.78, 5) is 16.3. The van der Waals surface area contributed by atoms with Crippen molar-refractivity contribution in [2.45, 2.75) is 0 Å². The SMILES string of the molecule is N#Cc1cccc(-c2cc(-c3nc(-c4cc(-c5cccc(C#N)c5)cc(-n5c6ccccc6c6ccccc65)c4)nc(-c4ccccc4-c4cccc(C#N)c4)n3)cc(-n3c4ccccc4c4ccccc43)c2)c1. The van der Waals surface area contributed by atoms with Crippen LogP contribution in [0.4, 0.5) is 0 Å². The normalized spacial score (nSPS) is 11.2. The van der Waals surface area contributed by atoms with E-state index < -0.39 is 0 Å². The summed E-state index contributed by atoms with van der Waals surface area (Å²) in [6.07, 6.45) is 0. The summed E-state index contributed by atoms with van der Waals surface area (Å²) in [6.45, 7) is 0. The number of aromatic nitrogens is 5. The Hall–Kier alpha value is -10.7. The van der Waals surface area contributed by atoms with Gasteiger partial charge in [-0.15, -0.1) is 0 Å². The predicted octanol–water partition coefficient (Wildman–Crippen LogP) is 15.7. The molecule has 0 aliphatic carbocycles. The lowest BCUT2D eigenvalue weighted by Crippen LogP contribution is -2.03. The first-order valence-electron chi connectivity index (χ1n) is 24.2. The Morgan fingerprint density at radius 1 is 0.270 bits per heavy atom. The van der Waals surface area contributed by atoms with Crippen LogP contribution in [-0.2, 0) is 0 Å². The summed E-state index contributed by atoms with van der Waals surface area (Å²) in [7, 11) is 0. The van der Waals surface area contributed by atoms with Crippen LogP contribution in [0.3, 0.4) is 0 Å². The van der Waals surface area contributed by atoms with E-state index in [1.807, 2.05) is 91.0 Å². The zero-order valence-corrected chi connectivity index (χ0v) is 39.5. The summed E-state index contributed by atoms with van der Waals surface area (Å²) < 4.78 is 4.56. The van der Waals surface area contributed by atoms with Crippen LogP contribution in [0.25, 0.3) is 123 Å². The second kappa shape index (κ2) is 17.9. The molecule has 8 nitrogen and oxygen atoms in total. The topological polar surface area (TPSA) is 120 Å². The van der Waals surface area contributed by atoms with E-state index in [-0.39, 0.29) is 0 Å². The van der Waals surface area contributed by atoms with Crippen molar-refractivity contribution in [3.8, 4) is 97.1 Å². The standard InChI is InChI=1S/C66H38N8/c67-39-42-14-11-17-45(30-42)48-33-50(37-52(35-48)73-60-26-7-3-21-55(60)56-22-4-8-27-61(56)73)64-70-65(72-66(71-64)59-25-2-1-20-54(59)47-19-13-16-44(32-47)41-69)51-34-49(46-18-12-15-43(31-46)40-68)36-53(38-51)74-62-28-9-5-23-57(62)58-24-6-10-29-63(58)74/h1-38H. The highest BCUT2D eigenvalue weighted by atomic mass is 15.0. The van der Waals surface area contributed by atoms with Crippen molar-refractivity contribution in [1.29, 1.82) is 15.8 Å². The van der Waals surface area contributed by atoms with Crippen molar-refractivity contribution in [2.24, 2.45) is 0 Å². The van der Waals surface area contributed by atoms with Crippen LogP contribution in [0, 0.1) is 34.0 Å². The number of rotatable bonds is 8. The van der Waals surface area contributed by atoms with Gasteiger partial charge in [0, 0.05) is 49.6 Å². The van der Waals surface area contributed by atoms with Crippen LogP contribution < -0.4 is 0 Å². The maximum absolute atomic E-state index is 10.1. The van der Waals surface area contributed by atoms with Gasteiger partial charge in [-0.3, -0.25) is 0 Å². The molecular weight excluding hydrogens is 905 g/mol. The van der Waals surface area contributed by atoms with E-state index in [1.165, 1.54) is 0 Å². The van der Waals surface area contributed by atoms with Crippen LogP contribution in [0.1, 0.15) is 16.7 Å². The van der Waals surface area contributed by atoms with Crippen molar-refractivity contribution in [3.05, 3.63) is 247 Å². The molecule has 0 N–H and O–H groups in total. The molecule has 0 fully saturated rings. The molecule has 342 valence electrons. The molecule has 0 aliphatic heterocycles. The van der Waals surface area contributed by atoms with E-state index in [1.54, 1.807) is 6.07 Å². The van der Waals surface area contributed by atoms with Crippen LogP contribution in [0.2, 0.25) is 0 Å². The van der Waals surface area contributed by atoms with Gasteiger partial charge in [-0.1, -0.05) is 133 Å². The minimum Gasteiger partial charge on any atom is -0.309 e. The van der Waals surface area contributed by atoms with Gasteiger partial charge in [0.1, 0.15) is 0 Å². The molecular formula is C66H38N8. The quantitative estimate of drug-likeness (QED) is 0.150. The molecule has 0 amide bonds. The molecule has 3 heterocycles. The molecule has 0 unspecified atom stereocenters. The van der Waals surface area contributed by atoms with E-state index in [9.17, 15) is 15.8 Å². The Balaban J connectivity index is 1.12. The molecule has 0 atom stereocenters. The van der Waals surface area contributed by atoms with E-state index >= 15 is 0 Å². The molecule has 0 spiro atoms. The third kappa shape index (κ3) is 7.50. The minimum absolute atomic E-state index is 0.432. The molecule has 0 saturated heterocycles. The summed E-state index contributed by atoms with van der Waals surface area (Å²) in [5, 5.41) is 34.7. The number of nitriles is 3. The fraction of sp³-hybridized carbons (Fsp3) is 0. The van der Waals surface area contributed by atoms with Crippen molar-refractivity contribution >= 4 is 43.6 Å². The average Bonchev–Trinajstić information content (AvgIpc) is 4.00. The highest BCUT2D eigenvalue weighted by Gasteiger charge is 2.21. The molecule has 0 aliphatic rings. The van der Waals surface area contributed by atoms with E-state index in [4.69, 9.17) is 15.0 Å². The van der Waals surface area contributed by atoms with Crippen molar-refractivity contribution in [1.82, 2.24) is 24.1 Å². The average molecular weight is 943 g/mol. The third-order valence-corrected chi connectivity index (χ3v) is 13.8. The molecule has 8 heteroatoms. The molecule has 74 heavy (non-hydrogen) atoms. The van der Waals surface area contributed by atoms with E-state index in [2.05, 4.69) is 161 Å². The van der Waals surface area contributed by atoms with E-state index in [0.29, 0.717) is 34.2 Å².